The van der Waals surface area contributed by atoms with Crippen LogP contribution < -0.4 is 10.9 Å². The van der Waals surface area contributed by atoms with Gasteiger partial charge in [0.15, 0.2) is 0 Å². The lowest BCUT2D eigenvalue weighted by atomic mass is 10.0. The number of benzene rings is 4. The molecule has 0 radical (unpaired) electrons. The Balaban J connectivity index is 1.30. The molecule has 1 amide bonds. The third-order valence-electron chi connectivity index (χ3n) is 5.54. The molecule has 1 N–H and O–H groups in total. The molecular formula is C26H19ClN4O2. The number of carbonyl (C=O) groups is 1. The summed E-state index contributed by atoms with van der Waals surface area (Å²) in [6.07, 6.45) is 0.231. The summed E-state index contributed by atoms with van der Waals surface area (Å²) in [6, 6.07) is 26.3. The van der Waals surface area contributed by atoms with Crippen molar-refractivity contribution in [1.29, 1.82) is 0 Å². The summed E-state index contributed by atoms with van der Waals surface area (Å²) in [5.74, 6) is -0.0786. The Morgan fingerprint density at radius 1 is 0.909 bits per heavy atom. The molecule has 0 unspecified atom stereocenters. The number of halogens is 1. The molecule has 0 aliphatic carbocycles. The van der Waals surface area contributed by atoms with Gasteiger partial charge < -0.3 is 5.32 Å². The normalized spacial score (nSPS) is 11.1. The van der Waals surface area contributed by atoms with Crippen LogP contribution in [-0.2, 0) is 17.8 Å². The summed E-state index contributed by atoms with van der Waals surface area (Å²) < 4.78 is 1.21. The molecule has 0 aliphatic rings. The van der Waals surface area contributed by atoms with Gasteiger partial charge in [-0.25, -0.2) is 0 Å². The van der Waals surface area contributed by atoms with Crippen LogP contribution in [0.1, 0.15) is 11.1 Å². The van der Waals surface area contributed by atoms with Gasteiger partial charge in [0, 0.05) is 6.54 Å². The molecule has 0 bridgehead atoms. The first-order valence-electron chi connectivity index (χ1n) is 10.5. The second-order valence-corrected chi connectivity index (χ2v) is 8.11. The van der Waals surface area contributed by atoms with Crippen LogP contribution in [0.5, 0.6) is 0 Å². The predicted octanol–water partition coefficient (Wildman–Crippen LogP) is 4.45. The maximum atomic E-state index is 12.8. The monoisotopic (exact) mass is 454 g/mol. The van der Waals surface area contributed by atoms with Crippen molar-refractivity contribution in [2.75, 3.05) is 0 Å². The minimum atomic E-state index is -0.341. The van der Waals surface area contributed by atoms with Crippen LogP contribution in [0.4, 0.5) is 0 Å². The third-order valence-corrected chi connectivity index (χ3v) is 5.86. The Morgan fingerprint density at radius 2 is 1.67 bits per heavy atom. The molecule has 0 fully saturated rings. The van der Waals surface area contributed by atoms with Crippen molar-refractivity contribution in [1.82, 2.24) is 20.3 Å². The van der Waals surface area contributed by atoms with E-state index in [2.05, 4.69) is 33.8 Å². The first-order chi connectivity index (χ1) is 16.1. The first kappa shape index (κ1) is 20.8. The van der Waals surface area contributed by atoms with Gasteiger partial charge in [-0.2, -0.15) is 4.68 Å². The van der Waals surface area contributed by atoms with E-state index < -0.39 is 0 Å². The van der Waals surface area contributed by atoms with Crippen LogP contribution in [0.25, 0.3) is 27.4 Å². The molecule has 7 heteroatoms. The molecule has 0 atom stereocenters. The zero-order valence-electron chi connectivity index (χ0n) is 17.5. The van der Waals surface area contributed by atoms with E-state index >= 15 is 0 Å². The number of fused-ring (bicyclic) bond motifs is 2. The number of rotatable bonds is 5. The minimum Gasteiger partial charge on any atom is -0.352 e. The second kappa shape index (κ2) is 8.84. The van der Waals surface area contributed by atoms with Crippen LogP contribution in [0.3, 0.4) is 0 Å². The number of nitrogens with one attached hydrogen (secondary N) is 1. The van der Waals surface area contributed by atoms with Gasteiger partial charge in [-0.15, -0.1) is 5.10 Å². The van der Waals surface area contributed by atoms with E-state index in [-0.39, 0.29) is 17.9 Å². The molecule has 1 heterocycles. The molecule has 1 aromatic heterocycles. The number of nitrogens with zero attached hydrogens (tertiary/aromatic N) is 3. The molecular weight excluding hydrogens is 436 g/mol. The highest BCUT2D eigenvalue weighted by atomic mass is 35.5. The molecule has 0 saturated heterocycles. The van der Waals surface area contributed by atoms with Crippen LogP contribution in [0.15, 0.2) is 89.7 Å². The summed E-state index contributed by atoms with van der Waals surface area (Å²) in [4.78, 5) is 25.3. The van der Waals surface area contributed by atoms with Gasteiger partial charge in [-0.05, 0) is 46.2 Å². The number of hydrogen-bond donors (Lipinski definition) is 1. The minimum absolute atomic E-state index is 0.0786. The van der Waals surface area contributed by atoms with Gasteiger partial charge >= 0.3 is 0 Å². The summed E-state index contributed by atoms with van der Waals surface area (Å²) in [7, 11) is 0. The average molecular weight is 455 g/mol. The fourth-order valence-electron chi connectivity index (χ4n) is 3.86. The average Bonchev–Trinajstić information content (AvgIpc) is 2.84. The van der Waals surface area contributed by atoms with E-state index in [1.807, 2.05) is 24.3 Å². The zero-order valence-corrected chi connectivity index (χ0v) is 18.3. The SMILES string of the molecule is O=C(Cc1ccc(-n2nnc3cccc(Cl)c3c2=O)cc1)NCc1cccc2ccccc12. The van der Waals surface area contributed by atoms with Crippen molar-refractivity contribution in [3.05, 3.63) is 111 Å². The number of amides is 1. The van der Waals surface area contributed by atoms with Crippen LogP contribution >= 0.6 is 11.6 Å². The van der Waals surface area contributed by atoms with Gasteiger partial charge in [0.1, 0.15) is 5.52 Å². The molecule has 0 spiro atoms. The summed E-state index contributed by atoms with van der Waals surface area (Å²) in [5.41, 5.74) is 2.56. The summed E-state index contributed by atoms with van der Waals surface area (Å²) in [6.45, 7) is 0.459. The van der Waals surface area contributed by atoms with E-state index in [1.54, 1.807) is 42.5 Å². The first-order valence-corrected chi connectivity index (χ1v) is 10.8. The fourth-order valence-corrected chi connectivity index (χ4v) is 4.11. The summed E-state index contributed by atoms with van der Waals surface area (Å²) >= 11 is 6.18. The third kappa shape index (κ3) is 4.21. The molecule has 6 nitrogen and oxygen atoms in total. The Hall–Kier alpha value is -4.03. The van der Waals surface area contributed by atoms with E-state index in [0.29, 0.717) is 28.2 Å². The highest BCUT2D eigenvalue weighted by Gasteiger charge is 2.11. The smallest absolute Gasteiger partial charge is 0.283 e. The van der Waals surface area contributed by atoms with Crippen LogP contribution in [0, 0.1) is 0 Å². The van der Waals surface area contributed by atoms with Gasteiger partial charge in [0.05, 0.1) is 22.5 Å². The van der Waals surface area contributed by atoms with E-state index in [4.69, 9.17) is 11.6 Å². The number of aromatic nitrogens is 3. The maximum absolute atomic E-state index is 12.8. The highest BCUT2D eigenvalue weighted by molar-refractivity contribution is 6.35. The molecule has 33 heavy (non-hydrogen) atoms. The van der Waals surface area contributed by atoms with Crippen molar-refractivity contribution in [2.24, 2.45) is 0 Å². The molecule has 4 aromatic carbocycles. The number of carbonyl (C=O) groups excluding carboxylic acids is 1. The Kier molecular flexibility index (Phi) is 5.59. The second-order valence-electron chi connectivity index (χ2n) is 7.70. The Labute approximate surface area is 194 Å². The van der Waals surface area contributed by atoms with Crippen LogP contribution in [0.2, 0.25) is 5.02 Å². The van der Waals surface area contributed by atoms with Crippen molar-refractivity contribution in [2.45, 2.75) is 13.0 Å². The van der Waals surface area contributed by atoms with E-state index in [0.717, 1.165) is 21.9 Å². The zero-order chi connectivity index (χ0) is 22.8. The Bertz CT molecular complexity index is 1540. The maximum Gasteiger partial charge on any atom is 0.283 e. The van der Waals surface area contributed by atoms with Gasteiger partial charge in [0.25, 0.3) is 5.56 Å². The van der Waals surface area contributed by atoms with Crippen LogP contribution in [-0.4, -0.2) is 20.9 Å². The summed E-state index contributed by atoms with van der Waals surface area (Å²) in [5, 5.41) is 14.0. The quantitative estimate of drug-likeness (QED) is 0.425. The van der Waals surface area contributed by atoms with Gasteiger partial charge in [-0.3, -0.25) is 9.59 Å². The molecule has 0 aliphatic heterocycles. The van der Waals surface area contributed by atoms with Crippen molar-refractivity contribution in [3.8, 4) is 5.69 Å². The van der Waals surface area contributed by atoms with Gasteiger partial charge in [-0.1, -0.05) is 77.5 Å². The molecule has 0 saturated carbocycles. The lowest BCUT2D eigenvalue weighted by Gasteiger charge is -2.09. The molecule has 162 valence electrons. The largest absolute Gasteiger partial charge is 0.352 e. The molecule has 5 aromatic rings. The lowest BCUT2D eigenvalue weighted by molar-refractivity contribution is -0.120. The standard InChI is InChI=1S/C26H19ClN4O2/c27-22-9-4-10-23-25(22)26(33)31(30-29-23)20-13-11-17(12-14-20)15-24(32)28-16-19-7-3-6-18-5-1-2-8-21(18)19/h1-14H,15-16H2,(H,28,32). The number of hydrogen-bond acceptors (Lipinski definition) is 4. The van der Waals surface area contributed by atoms with Crippen molar-refractivity contribution < 1.29 is 4.79 Å². The lowest BCUT2D eigenvalue weighted by Crippen LogP contribution is -2.25. The van der Waals surface area contributed by atoms with Gasteiger partial charge in [0.2, 0.25) is 5.91 Å². The van der Waals surface area contributed by atoms with Crippen molar-refractivity contribution >= 4 is 39.2 Å². The van der Waals surface area contributed by atoms with E-state index in [9.17, 15) is 9.59 Å². The molecule has 5 rings (SSSR count). The van der Waals surface area contributed by atoms with Crippen molar-refractivity contribution in [3.63, 3.8) is 0 Å². The van der Waals surface area contributed by atoms with E-state index in [1.165, 1.54) is 4.68 Å². The fraction of sp³-hybridized carbons (Fsp3) is 0.0769. The predicted molar refractivity (Wildman–Crippen MR) is 130 cm³/mol. The Morgan fingerprint density at radius 3 is 2.52 bits per heavy atom. The topological polar surface area (TPSA) is 76.9 Å². The highest BCUT2D eigenvalue weighted by Crippen LogP contribution is 2.19.